The van der Waals surface area contributed by atoms with E-state index in [1.54, 1.807) is 6.26 Å². The second kappa shape index (κ2) is 3.49. The number of ether oxygens (including phenoxy) is 1. The van der Waals surface area contributed by atoms with Crippen molar-refractivity contribution in [1.29, 1.82) is 0 Å². The van der Waals surface area contributed by atoms with Crippen molar-refractivity contribution in [1.82, 2.24) is 5.32 Å². The molecule has 1 aliphatic rings. The first kappa shape index (κ1) is 7.45. The zero-order valence-corrected chi connectivity index (χ0v) is 6.68. The van der Waals surface area contributed by atoms with Crippen molar-refractivity contribution in [3.05, 3.63) is 12.0 Å². The van der Waals surface area contributed by atoms with E-state index < -0.39 is 0 Å². The summed E-state index contributed by atoms with van der Waals surface area (Å²) in [5, 5.41) is 3.36. The van der Waals surface area contributed by atoms with Crippen LogP contribution in [-0.2, 0) is 4.74 Å². The SMILES string of the molecule is CCC1CCOC=C(C)N1. The van der Waals surface area contributed by atoms with Gasteiger partial charge >= 0.3 is 0 Å². The lowest BCUT2D eigenvalue weighted by Gasteiger charge is -2.13. The van der Waals surface area contributed by atoms with E-state index in [1.165, 1.54) is 6.42 Å². The molecule has 0 amide bonds. The van der Waals surface area contributed by atoms with E-state index >= 15 is 0 Å². The fourth-order valence-corrected chi connectivity index (χ4v) is 1.13. The minimum Gasteiger partial charge on any atom is -0.499 e. The average molecular weight is 141 g/mol. The highest BCUT2D eigenvalue weighted by Gasteiger charge is 2.07. The third-order valence-corrected chi connectivity index (χ3v) is 1.77. The summed E-state index contributed by atoms with van der Waals surface area (Å²) >= 11 is 0. The molecule has 0 saturated carbocycles. The van der Waals surface area contributed by atoms with Gasteiger partial charge in [-0.3, -0.25) is 0 Å². The molecule has 1 unspecified atom stereocenters. The number of hydrogen-bond acceptors (Lipinski definition) is 2. The molecule has 2 nitrogen and oxygen atoms in total. The molecular weight excluding hydrogens is 126 g/mol. The maximum Gasteiger partial charge on any atom is 0.101 e. The second-order valence-corrected chi connectivity index (χ2v) is 2.71. The molecule has 1 N–H and O–H groups in total. The Morgan fingerprint density at radius 3 is 3.30 bits per heavy atom. The summed E-state index contributed by atoms with van der Waals surface area (Å²) in [5.74, 6) is 0. The molecule has 0 aromatic rings. The summed E-state index contributed by atoms with van der Waals surface area (Å²) in [6, 6.07) is 0.610. The first-order valence-corrected chi connectivity index (χ1v) is 3.88. The fourth-order valence-electron chi connectivity index (χ4n) is 1.13. The molecule has 1 atom stereocenters. The molecule has 0 spiro atoms. The van der Waals surface area contributed by atoms with Crippen molar-refractivity contribution in [2.45, 2.75) is 32.7 Å². The molecule has 0 aromatic carbocycles. The second-order valence-electron chi connectivity index (χ2n) is 2.71. The Hall–Kier alpha value is -0.660. The summed E-state index contributed by atoms with van der Waals surface area (Å²) in [6.07, 6.45) is 4.09. The van der Waals surface area contributed by atoms with Gasteiger partial charge in [0.2, 0.25) is 0 Å². The van der Waals surface area contributed by atoms with Gasteiger partial charge in [0.15, 0.2) is 0 Å². The molecule has 0 fully saturated rings. The van der Waals surface area contributed by atoms with E-state index in [0.717, 1.165) is 18.7 Å². The Morgan fingerprint density at radius 1 is 1.80 bits per heavy atom. The lowest BCUT2D eigenvalue weighted by Crippen LogP contribution is -2.25. The van der Waals surface area contributed by atoms with Crippen molar-refractivity contribution < 1.29 is 4.74 Å². The maximum absolute atomic E-state index is 5.21. The minimum absolute atomic E-state index is 0.610. The van der Waals surface area contributed by atoms with Crippen LogP contribution in [0.5, 0.6) is 0 Å². The lowest BCUT2D eigenvalue weighted by atomic mass is 10.1. The molecule has 0 bridgehead atoms. The van der Waals surface area contributed by atoms with E-state index in [9.17, 15) is 0 Å². The summed E-state index contributed by atoms with van der Waals surface area (Å²) in [5.41, 5.74) is 1.14. The zero-order valence-electron chi connectivity index (χ0n) is 6.68. The van der Waals surface area contributed by atoms with Crippen LogP contribution in [0.4, 0.5) is 0 Å². The maximum atomic E-state index is 5.21. The van der Waals surface area contributed by atoms with Crippen LogP contribution in [-0.4, -0.2) is 12.6 Å². The highest BCUT2D eigenvalue weighted by atomic mass is 16.5. The average Bonchev–Trinajstić information content (AvgIpc) is 2.13. The van der Waals surface area contributed by atoms with Crippen LogP contribution in [0.1, 0.15) is 26.7 Å². The normalized spacial score (nSPS) is 25.8. The molecule has 10 heavy (non-hydrogen) atoms. The van der Waals surface area contributed by atoms with Crippen molar-refractivity contribution >= 4 is 0 Å². The molecule has 58 valence electrons. The first-order valence-electron chi connectivity index (χ1n) is 3.88. The largest absolute Gasteiger partial charge is 0.499 e. The Bertz CT molecular complexity index is 131. The van der Waals surface area contributed by atoms with Crippen molar-refractivity contribution in [2.24, 2.45) is 0 Å². The van der Waals surface area contributed by atoms with Gasteiger partial charge in [-0.15, -0.1) is 0 Å². The van der Waals surface area contributed by atoms with Gasteiger partial charge in [-0.2, -0.15) is 0 Å². The quantitative estimate of drug-likeness (QED) is 0.599. The zero-order chi connectivity index (χ0) is 7.40. The van der Waals surface area contributed by atoms with Crippen LogP contribution in [0.3, 0.4) is 0 Å². The Morgan fingerprint density at radius 2 is 2.60 bits per heavy atom. The highest BCUT2D eigenvalue weighted by Crippen LogP contribution is 2.05. The predicted molar refractivity (Wildman–Crippen MR) is 41.5 cm³/mol. The van der Waals surface area contributed by atoms with Gasteiger partial charge in [-0.05, 0) is 13.3 Å². The Labute approximate surface area is 62.3 Å². The Balaban J connectivity index is 2.43. The smallest absolute Gasteiger partial charge is 0.101 e. The number of nitrogens with one attached hydrogen (secondary N) is 1. The monoisotopic (exact) mass is 141 g/mol. The molecular formula is C8H15NO. The Kier molecular flexibility index (Phi) is 2.60. The topological polar surface area (TPSA) is 21.3 Å². The third-order valence-electron chi connectivity index (χ3n) is 1.77. The van der Waals surface area contributed by atoms with Gasteiger partial charge in [0, 0.05) is 18.2 Å². The van der Waals surface area contributed by atoms with E-state index in [-0.39, 0.29) is 0 Å². The van der Waals surface area contributed by atoms with Crippen LogP contribution >= 0.6 is 0 Å². The van der Waals surface area contributed by atoms with E-state index in [1.807, 2.05) is 6.92 Å². The van der Waals surface area contributed by atoms with Crippen molar-refractivity contribution in [3.63, 3.8) is 0 Å². The summed E-state index contributed by atoms with van der Waals surface area (Å²) in [7, 11) is 0. The van der Waals surface area contributed by atoms with Gasteiger partial charge in [0.25, 0.3) is 0 Å². The van der Waals surface area contributed by atoms with Gasteiger partial charge < -0.3 is 10.1 Å². The number of allylic oxidation sites excluding steroid dienone is 1. The van der Waals surface area contributed by atoms with Crippen LogP contribution in [0.15, 0.2) is 12.0 Å². The molecule has 1 rings (SSSR count). The molecule has 0 aromatic heterocycles. The van der Waals surface area contributed by atoms with E-state index in [0.29, 0.717) is 6.04 Å². The van der Waals surface area contributed by atoms with Crippen LogP contribution < -0.4 is 5.32 Å². The molecule has 0 aliphatic carbocycles. The first-order chi connectivity index (χ1) is 4.83. The highest BCUT2D eigenvalue weighted by molar-refractivity contribution is 4.94. The van der Waals surface area contributed by atoms with E-state index in [4.69, 9.17) is 4.74 Å². The van der Waals surface area contributed by atoms with Gasteiger partial charge in [0.05, 0.1) is 6.61 Å². The third kappa shape index (κ3) is 1.94. The summed E-state index contributed by atoms with van der Waals surface area (Å²) in [6.45, 7) is 5.08. The molecule has 2 heteroatoms. The number of rotatable bonds is 1. The van der Waals surface area contributed by atoms with E-state index in [2.05, 4.69) is 12.2 Å². The molecule has 1 aliphatic heterocycles. The van der Waals surface area contributed by atoms with Crippen LogP contribution in [0.25, 0.3) is 0 Å². The predicted octanol–water partition coefficient (Wildman–Crippen LogP) is 1.64. The molecule has 1 heterocycles. The lowest BCUT2D eigenvalue weighted by molar-refractivity contribution is 0.241. The van der Waals surface area contributed by atoms with Crippen molar-refractivity contribution in [2.75, 3.05) is 6.61 Å². The molecule has 0 radical (unpaired) electrons. The number of hydrogen-bond donors (Lipinski definition) is 1. The fraction of sp³-hybridized carbons (Fsp3) is 0.750. The summed E-state index contributed by atoms with van der Waals surface area (Å²) in [4.78, 5) is 0. The van der Waals surface area contributed by atoms with Gasteiger partial charge in [-0.1, -0.05) is 6.92 Å². The van der Waals surface area contributed by atoms with Gasteiger partial charge in [-0.25, -0.2) is 0 Å². The standard InChI is InChI=1S/C8H15NO/c1-3-8-4-5-10-6-7(2)9-8/h6,8-9H,3-5H2,1-2H3. The molecule has 0 saturated heterocycles. The van der Waals surface area contributed by atoms with Crippen LogP contribution in [0, 0.1) is 0 Å². The summed E-state index contributed by atoms with van der Waals surface area (Å²) < 4.78 is 5.21. The minimum atomic E-state index is 0.610. The van der Waals surface area contributed by atoms with Crippen LogP contribution in [0.2, 0.25) is 0 Å². The van der Waals surface area contributed by atoms with Crippen molar-refractivity contribution in [3.8, 4) is 0 Å². The van der Waals surface area contributed by atoms with Gasteiger partial charge in [0.1, 0.15) is 6.26 Å².